The molecular weight excluding hydrogens is 230 g/mol. The van der Waals surface area contributed by atoms with Crippen molar-refractivity contribution >= 4 is 0 Å². The maximum Gasteiger partial charge on any atom is 0.229 e. The molecule has 2 heterocycles. The maximum absolute atomic E-state index is 9.29. The van der Waals surface area contributed by atoms with Crippen molar-refractivity contribution in [1.82, 2.24) is 15.0 Å². The molecular formula is C13H23N3O2. The molecule has 0 aliphatic carbocycles. The first-order chi connectivity index (χ1) is 8.56. The molecule has 1 atom stereocenters. The molecule has 0 spiro atoms. The average Bonchev–Trinajstić information content (AvgIpc) is 2.76. The first kappa shape index (κ1) is 13.5. The molecule has 1 saturated heterocycles. The van der Waals surface area contributed by atoms with Crippen LogP contribution in [0.1, 0.15) is 51.2 Å². The molecule has 1 aromatic rings. The third-order valence-electron chi connectivity index (χ3n) is 3.57. The number of nitrogens with zero attached hydrogens (tertiary/aromatic N) is 3. The zero-order valence-corrected chi connectivity index (χ0v) is 11.5. The first-order valence-electron chi connectivity index (χ1n) is 6.81. The van der Waals surface area contributed by atoms with E-state index in [2.05, 4.69) is 28.9 Å². The number of piperidine rings is 1. The second kappa shape index (κ2) is 5.80. The molecule has 0 amide bonds. The van der Waals surface area contributed by atoms with Gasteiger partial charge in [0, 0.05) is 18.4 Å². The topological polar surface area (TPSA) is 62.4 Å². The van der Waals surface area contributed by atoms with Crippen molar-refractivity contribution in [3.8, 4) is 0 Å². The van der Waals surface area contributed by atoms with E-state index in [1.807, 2.05) is 0 Å². The van der Waals surface area contributed by atoms with E-state index in [9.17, 15) is 5.11 Å². The van der Waals surface area contributed by atoms with Crippen LogP contribution >= 0.6 is 0 Å². The highest BCUT2D eigenvalue weighted by Gasteiger charge is 2.26. The summed E-state index contributed by atoms with van der Waals surface area (Å²) >= 11 is 0. The summed E-state index contributed by atoms with van der Waals surface area (Å²) in [5.74, 6) is 1.75. The van der Waals surface area contributed by atoms with Crippen molar-refractivity contribution in [3.05, 3.63) is 11.7 Å². The number of aromatic nitrogens is 2. The Kier molecular flexibility index (Phi) is 4.35. The Morgan fingerprint density at radius 2 is 2.00 bits per heavy atom. The number of aliphatic hydroxyl groups is 1. The highest BCUT2D eigenvalue weighted by atomic mass is 16.5. The predicted molar refractivity (Wildman–Crippen MR) is 68.4 cm³/mol. The second-order valence-electron chi connectivity index (χ2n) is 5.51. The van der Waals surface area contributed by atoms with Gasteiger partial charge in [0.25, 0.3) is 0 Å². The Hall–Kier alpha value is -0.940. The predicted octanol–water partition coefficient (Wildman–Crippen LogP) is 1.58. The van der Waals surface area contributed by atoms with Crippen molar-refractivity contribution in [2.24, 2.45) is 0 Å². The molecule has 1 unspecified atom stereocenters. The highest BCUT2D eigenvalue weighted by molar-refractivity contribution is 4.97. The zero-order valence-electron chi connectivity index (χ0n) is 11.5. The molecule has 1 N–H and O–H groups in total. The molecule has 0 bridgehead atoms. The van der Waals surface area contributed by atoms with Gasteiger partial charge in [-0.1, -0.05) is 5.16 Å². The molecule has 0 radical (unpaired) electrons. The van der Waals surface area contributed by atoms with Crippen molar-refractivity contribution in [2.75, 3.05) is 13.1 Å². The van der Waals surface area contributed by atoms with Crippen LogP contribution in [0.4, 0.5) is 0 Å². The summed E-state index contributed by atoms with van der Waals surface area (Å²) in [4.78, 5) is 6.86. The van der Waals surface area contributed by atoms with E-state index < -0.39 is 6.10 Å². The Morgan fingerprint density at radius 3 is 2.56 bits per heavy atom. The lowest BCUT2D eigenvalue weighted by molar-refractivity contribution is 0.159. The molecule has 0 saturated carbocycles. The highest BCUT2D eigenvalue weighted by Crippen LogP contribution is 2.27. The minimum Gasteiger partial charge on any atom is -0.393 e. The van der Waals surface area contributed by atoms with Crippen LogP contribution in [-0.2, 0) is 6.42 Å². The van der Waals surface area contributed by atoms with E-state index in [4.69, 9.17) is 4.52 Å². The van der Waals surface area contributed by atoms with E-state index >= 15 is 0 Å². The minimum absolute atomic E-state index is 0.384. The van der Waals surface area contributed by atoms with Gasteiger partial charge in [0.2, 0.25) is 5.89 Å². The summed E-state index contributed by atoms with van der Waals surface area (Å²) < 4.78 is 5.31. The van der Waals surface area contributed by atoms with Crippen LogP contribution in [0.2, 0.25) is 0 Å². The van der Waals surface area contributed by atoms with Crippen LogP contribution in [0.25, 0.3) is 0 Å². The maximum atomic E-state index is 9.29. The van der Waals surface area contributed by atoms with Gasteiger partial charge in [-0.05, 0) is 46.7 Å². The Morgan fingerprint density at radius 1 is 1.33 bits per heavy atom. The zero-order chi connectivity index (χ0) is 13.1. The van der Waals surface area contributed by atoms with Crippen molar-refractivity contribution in [1.29, 1.82) is 0 Å². The van der Waals surface area contributed by atoms with Gasteiger partial charge in [-0.15, -0.1) is 0 Å². The molecule has 5 heteroatoms. The fraction of sp³-hybridized carbons (Fsp3) is 0.846. The van der Waals surface area contributed by atoms with Crippen LogP contribution in [-0.4, -0.2) is 45.4 Å². The molecule has 1 aliphatic rings. The summed E-state index contributed by atoms with van der Waals surface area (Å²) in [5, 5.41) is 13.2. The first-order valence-corrected chi connectivity index (χ1v) is 6.81. The molecule has 5 nitrogen and oxygen atoms in total. The summed E-state index contributed by atoms with van der Waals surface area (Å²) in [6, 6.07) is 0.611. The van der Waals surface area contributed by atoms with Gasteiger partial charge in [0.1, 0.15) is 0 Å². The molecule has 1 aliphatic heterocycles. The van der Waals surface area contributed by atoms with Crippen molar-refractivity contribution in [3.63, 3.8) is 0 Å². The largest absolute Gasteiger partial charge is 0.393 e. The Labute approximate surface area is 108 Å². The quantitative estimate of drug-likeness (QED) is 0.882. The summed E-state index contributed by atoms with van der Waals surface area (Å²) in [5.41, 5.74) is 0. The normalized spacial score (nSPS) is 20.5. The SMILES string of the molecule is CC(O)Cc1noc(C2CCN(C(C)C)CC2)n1. The lowest BCUT2D eigenvalue weighted by Gasteiger charge is -2.33. The van der Waals surface area contributed by atoms with Gasteiger partial charge >= 0.3 is 0 Å². The summed E-state index contributed by atoms with van der Waals surface area (Å²) in [6.45, 7) is 8.38. The van der Waals surface area contributed by atoms with Gasteiger partial charge in [-0.2, -0.15) is 4.98 Å². The average molecular weight is 253 g/mol. The fourth-order valence-corrected chi connectivity index (χ4v) is 2.44. The van der Waals surface area contributed by atoms with E-state index in [1.165, 1.54) is 0 Å². The van der Waals surface area contributed by atoms with Crippen LogP contribution in [0, 0.1) is 0 Å². The number of aliphatic hydroxyl groups excluding tert-OH is 1. The number of hydrogen-bond acceptors (Lipinski definition) is 5. The summed E-state index contributed by atoms with van der Waals surface area (Å²) in [6.07, 6.45) is 2.20. The molecule has 2 rings (SSSR count). The van der Waals surface area contributed by atoms with Gasteiger partial charge < -0.3 is 14.5 Å². The van der Waals surface area contributed by atoms with Crippen molar-refractivity contribution < 1.29 is 9.63 Å². The third-order valence-corrected chi connectivity index (χ3v) is 3.57. The van der Waals surface area contributed by atoms with Crippen LogP contribution in [0.3, 0.4) is 0 Å². The van der Waals surface area contributed by atoms with Crippen LogP contribution in [0.15, 0.2) is 4.52 Å². The molecule has 0 aromatic carbocycles. The van der Waals surface area contributed by atoms with Crippen molar-refractivity contribution in [2.45, 2.75) is 58.1 Å². The van der Waals surface area contributed by atoms with Gasteiger partial charge in [-0.25, -0.2) is 0 Å². The van der Waals surface area contributed by atoms with E-state index in [0.29, 0.717) is 24.2 Å². The monoisotopic (exact) mass is 253 g/mol. The van der Waals surface area contributed by atoms with Gasteiger partial charge in [0.15, 0.2) is 5.82 Å². The molecule has 102 valence electrons. The Balaban J connectivity index is 1.91. The van der Waals surface area contributed by atoms with E-state index in [-0.39, 0.29) is 0 Å². The number of hydrogen-bond donors (Lipinski definition) is 1. The summed E-state index contributed by atoms with van der Waals surface area (Å²) in [7, 11) is 0. The molecule has 1 fully saturated rings. The van der Waals surface area contributed by atoms with Crippen LogP contribution in [0.5, 0.6) is 0 Å². The second-order valence-corrected chi connectivity index (χ2v) is 5.51. The lowest BCUT2D eigenvalue weighted by atomic mass is 9.96. The van der Waals surface area contributed by atoms with E-state index in [1.54, 1.807) is 6.92 Å². The fourth-order valence-electron chi connectivity index (χ4n) is 2.44. The van der Waals surface area contributed by atoms with Gasteiger partial charge in [0.05, 0.1) is 6.10 Å². The van der Waals surface area contributed by atoms with Crippen LogP contribution < -0.4 is 0 Å². The van der Waals surface area contributed by atoms with Gasteiger partial charge in [-0.3, -0.25) is 0 Å². The standard InChI is InChI=1S/C13H23N3O2/c1-9(2)16-6-4-11(5-7-16)13-14-12(15-18-13)8-10(3)17/h9-11,17H,4-8H2,1-3H3. The molecule has 18 heavy (non-hydrogen) atoms. The number of likely N-dealkylation sites (tertiary alicyclic amines) is 1. The lowest BCUT2D eigenvalue weighted by Crippen LogP contribution is -2.37. The third kappa shape index (κ3) is 3.29. The minimum atomic E-state index is -0.418. The number of rotatable bonds is 4. The smallest absolute Gasteiger partial charge is 0.229 e. The Bertz CT molecular complexity index is 368. The molecule has 1 aromatic heterocycles. The van der Waals surface area contributed by atoms with E-state index in [0.717, 1.165) is 31.8 Å².